The number of rotatable bonds is 30. The van der Waals surface area contributed by atoms with Crippen LogP contribution in [0.15, 0.2) is 0 Å². The van der Waals surface area contributed by atoms with Crippen LogP contribution in [0.2, 0.25) is 0 Å². The van der Waals surface area contributed by atoms with Crippen LogP contribution in [0, 0.1) is 5.41 Å². The third-order valence-corrected chi connectivity index (χ3v) is 8.33. The van der Waals surface area contributed by atoms with Gasteiger partial charge in [0, 0.05) is 0 Å². The van der Waals surface area contributed by atoms with Gasteiger partial charge in [-0.15, -0.1) is 0 Å². The van der Waals surface area contributed by atoms with Gasteiger partial charge in [-0.25, -0.2) is 0 Å². The van der Waals surface area contributed by atoms with Gasteiger partial charge in [0.25, 0.3) is 0 Å². The molecule has 0 aromatic heterocycles. The molecule has 244 valence electrons. The molecule has 0 amide bonds. The Kier molecular flexibility index (Phi) is 35.6. The van der Waals surface area contributed by atoms with Crippen LogP contribution in [0.4, 0.5) is 0 Å². The molecule has 0 saturated heterocycles. The summed E-state index contributed by atoms with van der Waals surface area (Å²) in [5, 5.41) is 34.0. The average Bonchev–Trinajstić information content (AvgIpc) is 2.96. The Balaban J connectivity index is 0. The van der Waals surface area contributed by atoms with Crippen LogP contribution in [-0.4, -0.2) is 62.7 Å². The van der Waals surface area contributed by atoms with Crippen LogP contribution in [0.3, 0.4) is 0 Å². The number of aliphatic hydroxyl groups excluding tert-OH is 4. The van der Waals surface area contributed by atoms with E-state index >= 15 is 0 Å². The lowest BCUT2D eigenvalue weighted by Gasteiger charge is -2.23. The van der Waals surface area contributed by atoms with E-state index in [2.05, 4.69) is 13.8 Å². The van der Waals surface area contributed by atoms with Crippen molar-refractivity contribution in [1.82, 2.24) is 0 Å². The van der Waals surface area contributed by atoms with Gasteiger partial charge < -0.3 is 34.7 Å². The molecule has 0 aliphatic heterocycles. The highest BCUT2D eigenvalue weighted by molar-refractivity contribution is 7.39. The Hall–Kier alpha value is 0.150. The van der Waals surface area contributed by atoms with Gasteiger partial charge >= 0.3 is 8.60 Å². The summed E-state index contributed by atoms with van der Waals surface area (Å²) in [7, 11) is -2.21. The molecular weight excluding hydrogens is 527 g/mol. The minimum Gasteiger partial charge on any atom is -0.396 e. The first-order valence-electron chi connectivity index (χ1n) is 16.7. The smallest absolute Gasteiger partial charge is 0.327 e. The summed E-state index contributed by atoms with van der Waals surface area (Å²) in [5.41, 5.74) is -1.11. The van der Waals surface area contributed by atoms with E-state index in [0.29, 0.717) is 0 Å². The molecule has 0 aromatic rings. The van der Waals surface area contributed by atoms with Crippen LogP contribution in [-0.2, 0) is 4.52 Å². The normalized spacial score (nSPS) is 12.5. The Morgan fingerprint density at radius 2 is 0.700 bits per heavy atom. The van der Waals surface area contributed by atoms with Gasteiger partial charge in [-0.1, -0.05) is 155 Å². The SMILES string of the molecule is CCCCCCCCCCCCCCCCCCC(CCCCCCCC)OP(O)O.OCC(CO)(CO)CO. The minimum atomic E-state index is -2.21. The number of hydrogen-bond acceptors (Lipinski definition) is 7. The standard InChI is InChI=1S/C27H57O3P.C5H12O4/c1-3-5-7-9-11-12-13-14-15-16-17-18-19-20-22-24-26-27(30-31(28)29)25-23-21-10-8-6-4-2;6-1-5(2-7,3-8)4-9/h27-29H,3-26H2,1-2H3;6-9H,1-4H2. The average molecular weight is 597 g/mol. The maximum atomic E-state index is 9.23. The van der Waals surface area contributed by atoms with E-state index in [-0.39, 0.29) is 6.10 Å². The second kappa shape index (κ2) is 33.6. The van der Waals surface area contributed by atoms with Crippen molar-refractivity contribution >= 4 is 8.60 Å². The molecule has 7 nitrogen and oxygen atoms in total. The zero-order valence-corrected chi connectivity index (χ0v) is 27.3. The topological polar surface area (TPSA) is 131 Å². The summed E-state index contributed by atoms with van der Waals surface area (Å²) in [6, 6.07) is 0. The molecule has 0 saturated carbocycles. The van der Waals surface area contributed by atoms with E-state index in [1.165, 1.54) is 128 Å². The predicted molar refractivity (Wildman–Crippen MR) is 169 cm³/mol. The van der Waals surface area contributed by atoms with Crippen molar-refractivity contribution in [3.8, 4) is 0 Å². The molecule has 8 heteroatoms. The van der Waals surface area contributed by atoms with Crippen LogP contribution < -0.4 is 0 Å². The van der Waals surface area contributed by atoms with Crippen molar-refractivity contribution in [3.05, 3.63) is 0 Å². The lowest BCUT2D eigenvalue weighted by atomic mass is 9.93. The number of hydrogen-bond donors (Lipinski definition) is 6. The van der Waals surface area contributed by atoms with Crippen molar-refractivity contribution in [2.45, 2.75) is 174 Å². The second-order valence-electron chi connectivity index (χ2n) is 11.8. The van der Waals surface area contributed by atoms with Gasteiger partial charge in [0.05, 0.1) is 37.9 Å². The highest BCUT2D eigenvalue weighted by Crippen LogP contribution is 2.31. The third-order valence-electron chi connectivity index (χ3n) is 7.84. The Bertz CT molecular complexity index is 447. The van der Waals surface area contributed by atoms with Crippen LogP contribution in [0.1, 0.15) is 168 Å². The van der Waals surface area contributed by atoms with Gasteiger partial charge in [-0.2, -0.15) is 0 Å². The van der Waals surface area contributed by atoms with Crippen LogP contribution >= 0.6 is 8.60 Å². The Labute approximate surface area is 249 Å². The summed E-state index contributed by atoms with van der Waals surface area (Å²) in [6.07, 6.45) is 31.8. The van der Waals surface area contributed by atoms with Gasteiger partial charge in [0.2, 0.25) is 0 Å². The van der Waals surface area contributed by atoms with Crippen molar-refractivity contribution in [3.63, 3.8) is 0 Å². The zero-order chi connectivity index (χ0) is 30.2. The largest absolute Gasteiger partial charge is 0.396 e. The van der Waals surface area contributed by atoms with Crippen molar-refractivity contribution < 1.29 is 34.7 Å². The first kappa shape index (κ1) is 42.3. The van der Waals surface area contributed by atoms with Gasteiger partial charge in [0.1, 0.15) is 0 Å². The monoisotopic (exact) mass is 596 g/mol. The highest BCUT2D eigenvalue weighted by Gasteiger charge is 2.26. The fraction of sp³-hybridized carbons (Fsp3) is 1.00. The van der Waals surface area contributed by atoms with Crippen molar-refractivity contribution in [1.29, 1.82) is 0 Å². The minimum absolute atomic E-state index is 0.0407. The Morgan fingerprint density at radius 3 is 0.900 bits per heavy atom. The van der Waals surface area contributed by atoms with Crippen LogP contribution in [0.25, 0.3) is 0 Å². The fourth-order valence-electron chi connectivity index (χ4n) is 4.76. The summed E-state index contributed by atoms with van der Waals surface area (Å²) >= 11 is 0. The lowest BCUT2D eigenvalue weighted by molar-refractivity contribution is -0.0328. The Morgan fingerprint density at radius 1 is 0.450 bits per heavy atom. The molecule has 1 atom stereocenters. The van der Waals surface area contributed by atoms with Gasteiger partial charge in [-0.05, 0) is 12.8 Å². The van der Waals surface area contributed by atoms with Crippen molar-refractivity contribution in [2.75, 3.05) is 26.4 Å². The van der Waals surface area contributed by atoms with E-state index in [1.807, 2.05) is 0 Å². The molecule has 6 N–H and O–H groups in total. The second-order valence-corrected chi connectivity index (χ2v) is 12.5. The number of unbranched alkanes of at least 4 members (excludes halogenated alkanes) is 20. The fourth-order valence-corrected chi connectivity index (χ4v) is 5.23. The third kappa shape index (κ3) is 29.6. The summed E-state index contributed by atoms with van der Waals surface area (Å²) < 4.78 is 5.38. The van der Waals surface area contributed by atoms with Gasteiger partial charge in [0.15, 0.2) is 0 Å². The molecule has 1 unspecified atom stereocenters. The summed E-state index contributed by atoms with van der Waals surface area (Å²) in [4.78, 5) is 18.5. The van der Waals surface area contributed by atoms with E-state index in [0.717, 1.165) is 25.7 Å². The maximum absolute atomic E-state index is 9.23. The quantitative estimate of drug-likeness (QED) is 0.0367. The molecule has 0 aliphatic rings. The first-order valence-corrected chi connectivity index (χ1v) is 17.9. The highest BCUT2D eigenvalue weighted by atomic mass is 31.2. The van der Waals surface area contributed by atoms with E-state index in [4.69, 9.17) is 24.9 Å². The summed E-state index contributed by atoms with van der Waals surface area (Å²) in [5.74, 6) is 0. The molecule has 0 bridgehead atoms. The molecule has 40 heavy (non-hydrogen) atoms. The molecular formula is C32H69O7P. The molecule has 0 radical (unpaired) electrons. The maximum Gasteiger partial charge on any atom is 0.327 e. The van der Waals surface area contributed by atoms with E-state index in [9.17, 15) is 9.79 Å². The molecule has 0 fully saturated rings. The van der Waals surface area contributed by atoms with Gasteiger partial charge in [-0.3, -0.25) is 0 Å². The molecule has 0 heterocycles. The molecule has 0 spiro atoms. The molecule has 0 aromatic carbocycles. The first-order chi connectivity index (χ1) is 19.4. The van der Waals surface area contributed by atoms with E-state index in [1.54, 1.807) is 0 Å². The zero-order valence-electron chi connectivity index (χ0n) is 26.4. The van der Waals surface area contributed by atoms with E-state index < -0.39 is 40.4 Å². The van der Waals surface area contributed by atoms with Crippen LogP contribution in [0.5, 0.6) is 0 Å². The summed E-state index contributed by atoms with van der Waals surface area (Å²) in [6.45, 7) is 2.90. The lowest BCUT2D eigenvalue weighted by Crippen LogP contribution is -2.37. The molecule has 0 rings (SSSR count). The van der Waals surface area contributed by atoms with Crippen molar-refractivity contribution in [2.24, 2.45) is 5.41 Å². The predicted octanol–water partition coefficient (Wildman–Crippen LogP) is 7.93. The molecule has 0 aliphatic carbocycles. The number of aliphatic hydroxyl groups is 4.